The van der Waals surface area contributed by atoms with Crippen molar-refractivity contribution in [3.05, 3.63) is 53.6 Å². The summed E-state index contributed by atoms with van der Waals surface area (Å²) in [7, 11) is 3.10. The van der Waals surface area contributed by atoms with E-state index in [0.29, 0.717) is 30.2 Å². The summed E-state index contributed by atoms with van der Waals surface area (Å²) in [6.45, 7) is 7.98. The van der Waals surface area contributed by atoms with Crippen LogP contribution in [0.1, 0.15) is 44.7 Å². The van der Waals surface area contributed by atoms with Crippen LogP contribution in [0.2, 0.25) is 0 Å². The van der Waals surface area contributed by atoms with Crippen LogP contribution in [0.5, 0.6) is 17.2 Å². The number of carbonyl (C=O) groups excluding carboxylic acids is 2. The van der Waals surface area contributed by atoms with Gasteiger partial charge in [0.05, 0.1) is 14.2 Å². The van der Waals surface area contributed by atoms with Gasteiger partial charge in [-0.2, -0.15) is 0 Å². The molecule has 0 spiro atoms. The Morgan fingerprint density at radius 2 is 1.61 bits per heavy atom. The molecule has 0 aromatic heterocycles. The Bertz CT molecular complexity index is 908. The van der Waals surface area contributed by atoms with Crippen molar-refractivity contribution >= 4 is 11.8 Å². The van der Waals surface area contributed by atoms with Crippen LogP contribution in [0.25, 0.3) is 0 Å². The summed E-state index contributed by atoms with van der Waals surface area (Å²) in [5.74, 6) is 1.15. The average Bonchev–Trinajstić information content (AvgIpc) is 2.81. The van der Waals surface area contributed by atoms with Crippen molar-refractivity contribution in [2.75, 3.05) is 20.8 Å². The molecule has 180 valence electrons. The number of aryl methyl sites for hydroxylation is 1. The number of rotatable bonds is 12. The molecule has 0 aliphatic carbocycles. The van der Waals surface area contributed by atoms with Crippen molar-refractivity contribution in [3.8, 4) is 17.2 Å². The molecule has 2 amide bonds. The number of benzene rings is 2. The Balaban J connectivity index is 2.25. The van der Waals surface area contributed by atoms with E-state index in [0.717, 1.165) is 17.5 Å². The van der Waals surface area contributed by atoms with Gasteiger partial charge in [-0.05, 0) is 32.3 Å². The number of nitrogens with zero attached hydrogens (tertiary/aromatic N) is 1. The average molecular weight is 457 g/mol. The minimum atomic E-state index is -0.601. The summed E-state index contributed by atoms with van der Waals surface area (Å²) in [6, 6.07) is 12.5. The fourth-order valence-corrected chi connectivity index (χ4v) is 3.46. The summed E-state index contributed by atoms with van der Waals surface area (Å²) < 4.78 is 16.3. The fourth-order valence-electron chi connectivity index (χ4n) is 3.46. The van der Waals surface area contributed by atoms with Gasteiger partial charge in [-0.25, -0.2) is 0 Å². The highest BCUT2D eigenvalue weighted by molar-refractivity contribution is 5.88. The van der Waals surface area contributed by atoms with Crippen molar-refractivity contribution < 1.29 is 23.8 Å². The molecule has 2 atom stereocenters. The van der Waals surface area contributed by atoms with E-state index in [2.05, 4.69) is 5.32 Å². The smallest absolute Gasteiger partial charge is 0.261 e. The number of nitrogens with one attached hydrogen (secondary N) is 1. The Labute approximate surface area is 197 Å². The zero-order valence-electron chi connectivity index (χ0n) is 20.5. The fraction of sp³-hybridized carbons (Fsp3) is 0.462. The highest BCUT2D eigenvalue weighted by Gasteiger charge is 2.29. The number of methoxy groups -OCH3 is 2. The molecular weight excluding hydrogens is 420 g/mol. The Morgan fingerprint density at radius 1 is 0.970 bits per heavy atom. The molecule has 0 radical (unpaired) electrons. The topological polar surface area (TPSA) is 77.1 Å². The maximum Gasteiger partial charge on any atom is 0.261 e. The molecule has 0 bridgehead atoms. The number of carbonyl (C=O) groups is 2. The van der Waals surface area contributed by atoms with Gasteiger partial charge < -0.3 is 24.4 Å². The first kappa shape index (κ1) is 26.0. The summed E-state index contributed by atoms with van der Waals surface area (Å²) in [5.41, 5.74) is 2.05. The van der Waals surface area contributed by atoms with Crippen molar-refractivity contribution in [1.82, 2.24) is 10.2 Å². The molecule has 0 fully saturated rings. The monoisotopic (exact) mass is 456 g/mol. The number of hydrogen-bond donors (Lipinski definition) is 1. The third-order valence-electron chi connectivity index (χ3n) is 5.51. The van der Waals surface area contributed by atoms with Crippen LogP contribution in [0.15, 0.2) is 42.5 Å². The molecule has 0 saturated carbocycles. The number of amides is 2. The first-order valence-electron chi connectivity index (χ1n) is 11.3. The standard InChI is InChI=1S/C26H36N2O5/c1-7-19(4)27-26(30)24(8-2)28(16-20-11-9-10-18(3)12-20)25(29)17-33-23-14-21(31-5)13-22(15-23)32-6/h9-15,19,24H,7-8,16-17H2,1-6H3,(H,27,30)/t19-,24+/m0/s1. The second-order valence-electron chi connectivity index (χ2n) is 8.09. The summed E-state index contributed by atoms with van der Waals surface area (Å²) in [4.78, 5) is 27.9. The summed E-state index contributed by atoms with van der Waals surface area (Å²) >= 11 is 0. The van der Waals surface area contributed by atoms with Gasteiger partial charge in [0, 0.05) is 30.8 Å². The van der Waals surface area contributed by atoms with Crippen LogP contribution in [0.4, 0.5) is 0 Å². The predicted octanol–water partition coefficient (Wildman–Crippen LogP) is 4.11. The van der Waals surface area contributed by atoms with E-state index in [1.807, 2.05) is 52.0 Å². The lowest BCUT2D eigenvalue weighted by Gasteiger charge is -2.31. The molecule has 2 aromatic rings. The quantitative estimate of drug-likeness (QED) is 0.520. The van der Waals surface area contributed by atoms with Crippen LogP contribution in [0, 0.1) is 6.92 Å². The maximum absolute atomic E-state index is 13.3. The highest BCUT2D eigenvalue weighted by Crippen LogP contribution is 2.27. The van der Waals surface area contributed by atoms with E-state index >= 15 is 0 Å². The molecule has 0 unspecified atom stereocenters. The molecule has 33 heavy (non-hydrogen) atoms. The number of ether oxygens (including phenoxy) is 3. The summed E-state index contributed by atoms with van der Waals surface area (Å²) in [6.07, 6.45) is 1.31. The van der Waals surface area contributed by atoms with E-state index in [4.69, 9.17) is 14.2 Å². The van der Waals surface area contributed by atoms with E-state index in [1.165, 1.54) is 0 Å². The SMILES string of the molecule is CC[C@H](C(=O)N[C@@H](C)CC)N(Cc1cccc(C)c1)C(=O)COc1cc(OC)cc(OC)c1. The largest absolute Gasteiger partial charge is 0.496 e. The van der Waals surface area contributed by atoms with Crippen molar-refractivity contribution in [2.24, 2.45) is 0 Å². The second kappa shape index (κ2) is 12.7. The maximum atomic E-state index is 13.3. The Morgan fingerprint density at radius 3 is 2.15 bits per heavy atom. The van der Waals surface area contributed by atoms with Crippen molar-refractivity contribution in [2.45, 2.75) is 59.2 Å². The molecule has 0 aliphatic heterocycles. The van der Waals surface area contributed by atoms with Gasteiger partial charge in [0.1, 0.15) is 23.3 Å². The van der Waals surface area contributed by atoms with Gasteiger partial charge in [-0.15, -0.1) is 0 Å². The zero-order valence-corrected chi connectivity index (χ0v) is 20.5. The normalized spacial score (nSPS) is 12.4. The molecule has 1 N–H and O–H groups in total. The molecule has 7 heteroatoms. The van der Waals surface area contributed by atoms with Crippen molar-refractivity contribution in [1.29, 1.82) is 0 Å². The molecule has 7 nitrogen and oxygen atoms in total. The minimum absolute atomic E-state index is 0.0305. The number of hydrogen-bond acceptors (Lipinski definition) is 5. The van der Waals surface area contributed by atoms with Crippen LogP contribution >= 0.6 is 0 Å². The van der Waals surface area contributed by atoms with Gasteiger partial charge in [0.2, 0.25) is 5.91 Å². The van der Waals surface area contributed by atoms with Crippen LogP contribution < -0.4 is 19.5 Å². The molecule has 0 saturated heterocycles. The van der Waals surface area contributed by atoms with Crippen LogP contribution in [-0.4, -0.2) is 49.6 Å². The zero-order chi connectivity index (χ0) is 24.4. The molecular formula is C26H36N2O5. The molecule has 2 rings (SSSR count). The molecule has 0 aliphatic rings. The lowest BCUT2D eigenvalue weighted by molar-refractivity contribution is -0.143. The Hall–Kier alpha value is -3.22. The molecule has 0 heterocycles. The van der Waals surface area contributed by atoms with Crippen molar-refractivity contribution in [3.63, 3.8) is 0 Å². The van der Waals surface area contributed by atoms with Gasteiger partial charge in [-0.3, -0.25) is 9.59 Å². The van der Waals surface area contributed by atoms with Crippen LogP contribution in [-0.2, 0) is 16.1 Å². The van der Waals surface area contributed by atoms with Gasteiger partial charge in [0.25, 0.3) is 5.91 Å². The highest BCUT2D eigenvalue weighted by atomic mass is 16.5. The third-order valence-corrected chi connectivity index (χ3v) is 5.51. The van der Waals surface area contributed by atoms with Gasteiger partial charge in [0.15, 0.2) is 6.61 Å². The lowest BCUT2D eigenvalue weighted by atomic mass is 10.1. The summed E-state index contributed by atoms with van der Waals surface area (Å²) in [5, 5.41) is 3.01. The Kier molecular flexibility index (Phi) is 10.0. The van der Waals surface area contributed by atoms with E-state index in [-0.39, 0.29) is 24.5 Å². The first-order chi connectivity index (χ1) is 15.8. The van der Waals surface area contributed by atoms with Gasteiger partial charge >= 0.3 is 0 Å². The lowest BCUT2D eigenvalue weighted by Crippen LogP contribution is -2.51. The molecule has 2 aromatic carbocycles. The second-order valence-corrected chi connectivity index (χ2v) is 8.09. The predicted molar refractivity (Wildman–Crippen MR) is 129 cm³/mol. The van der Waals surface area contributed by atoms with E-state index in [1.54, 1.807) is 37.3 Å². The third kappa shape index (κ3) is 7.70. The van der Waals surface area contributed by atoms with E-state index < -0.39 is 6.04 Å². The van der Waals surface area contributed by atoms with E-state index in [9.17, 15) is 9.59 Å². The first-order valence-corrected chi connectivity index (χ1v) is 11.3. The van der Waals surface area contributed by atoms with Gasteiger partial charge in [-0.1, -0.05) is 43.7 Å². The van der Waals surface area contributed by atoms with Crippen LogP contribution in [0.3, 0.4) is 0 Å². The minimum Gasteiger partial charge on any atom is -0.496 e.